The zero-order valence-electron chi connectivity index (χ0n) is 13.8. The van der Waals surface area contributed by atoms with Crippen LogP contribution in [-0.4, -0.2) is 22.9 Å². The normalized spacial score (nSPS) is 19.4. The average molecular weight is 392 g/mol. The van der Waals surface area contributed by atoms with Gasteiger partial charge < -0.3 is 5.32 Å². The average Bonchev–Trinajstić information content (AvgIpc) is 2.83. The van der Waals surface area contributed by atoms with Crippen molar-refractivity contribution in [1.29, 1.82) is 0 Å². The molecule has 2 N–H and O–H groups in total. The molecule has 0 aromatic heterocycles. The van der Waals surface area contributed by atoms with Gasteiger partial charge >= 0.3 is 6.03 Å². The first-order chi connectivity index (χ1) is 12.3. The second-order valence-corrected chi connectivity index (χ2v) is 6.79. The van der Waals surface area contributed by atoms with E-state index in [0.717, 1.165) is 0 Å². The number of hydrazine groups is 1. The predicted octanol–water partition coefficient (Wildman–Crippen LogP) is 3.03. The minimum atomic E-state index is -1.26. The van der Waals surface area contributed by atoms with Crippen LogP contribution >= 0.6 is 23.2 Å². The molecule has 1 saturated heterocycles. The second-order valence-electron chi connectivity index (χ2n) is 5.97. The third-order valence-electron chi connectivity index (χ3n) is 4.18. The summed E-state index contributed by atoms with van der Waals surface area (Å²) < 4.78 is 0. The van der Waals surface area contributed by atoms with Gasteiger partial charge in [-0.15, -0.1) is 0 Å². The van der Waals surface area contributed by atoms with Crippen LogP contribution in [0.4, 0.5) is 4.79 Å². The lowest BCUT2D eigenvalue weighted by Crippen LogP contribution is -2.48. The first kappa shape index (κ1) is 18.2. The highest BCUT2D eigenvalue weighted by atomic mass is 35.5. The Hall–Kier alpha value is -2.57. The number of benzene rings is 2. The van der Waals surface area contributed by atoms with Gasteiger partial charge in [-0.2, -0.15) is 5.01 Å². The minimum Gasteiger partial charge on any atom is -0.318 e. The molecule has 0 radical (unpaired) electrons. The number of imide groups is 1. The van der Waals surface area contributed by atoms with E-state index in [9.17, 15) is 14.4 Å². The van der Waals surface area contributed by atoms with Crippen LogP contribution in [0.25, 0.3) is 0 Å². The van der Waals surface area contributed by atoms with E-state index in [4.69, 9.17) is 23.2 Å². The molecule has 0 spiro atoms. The molecule has 2 aromatic carbocycles. The van der Waals surface area contributed by atoms with Crippen LogP contribution in [0.15, 0.2) is 48.5 Å². The molecule has 8 heteroatoms. The molecule has 134 valence electrons. The summed E-state index contributed by atoms with van der Waals surface area (Å²) in [6, 6.07) is 13.0. The Kier molecular flexibility index (Phi) is 4.89. The summed E-state index contributed by atoms with van der Waals surface area (Å²) in [4.78, 5) is 37.3. The van der Waals surface area contributed by atoms with Crippen molar-refractivity contribution in [2.75, 3.05) is 0 Å². The van der Waals surface area contributed by atoms with Crippen LogP contribution in [0.5, 0.6) is 0 Å². The van der Waals surface area contributed by atoms with Gasteiger partial charge in [-0.1, -0.05) is 59.6 Å². The fraction of sp³-hybridized carbons (Fsp3) is 0.167. The Bertz CT molecular complexity index is 868. The van der Waals surface area contributed by atoms with Gasteiger partial charge in [0.15, 0.2) is 0 Å². The van der Waals surface area contributed by atoms with Crippen molar-refractivity contribution >= 4 is 41.0 Å². The van der Waals surface area contributed by atoms with Gasteiger partial charge in [0.05, 0.1) is 6.42 Å². The molecule has 3 rings (SSSR count). The molecule has 6 nitrogen and oxygen atoms in total. The van der Waals surface area contributed by atoms with E-state index in [2.05, 4.69) is 10.7 Å². The van der Waals surface area contributed by atoms with E-state index >= 15 is 0 Å². The van der Waals surface area contributed by atoms with E-state index in [1.807, 2.05) is 0 Å². The maximum atomic E-state index is 12.7. The van der Waals surface area contributed by atoms with Crippen molar-refractivity contribution in [3.8, 4) is 0 Å². The van der Waals surface area contributed by atoms with Crippen molar-refractivity contribution in [3.05, 3.63) is 69.7 Å². The number of rotatable bonds is 4. The van der Waals surface area contributed by atoms with E-state index in [1.54, 1.807) is 55.5 Å². The molecule has 0 aliphatic carbocycles. The predicted molar refractivity (Wildman–Crippen MR) is 97.5 cm³/mol. The third kappa shape index (κ3) is 3.25. The van der Waals surface area contributed by atoms with Gasteiger partial charge in [0.1, 0.15) is 5.54 Å². The molecule has 1 fully saturated rings. The molecule has 0 bridgehead atoms. The maximum absolute atomic E-state index is 12.7. The molecular weight excluding hydrogens is 377 g/mol. The molecule has 1 aliphatic heterocycles. The highest BCUT2D eigenvalue weighted by Crippen LogP contribution is 2.28. The minimum absolute atomic E-state index is 0.169. The zero-order chi connectivity index (χ0) is 18.9. The molecule has 2 aromatic rings. The van der Waals surface area contributed by atoms with Crippen LogP contribution in [0.3, 0.4) is 0 Å². The smallest absolute Gasteiger partial charge is 0.318 e. The summed E-state index contributed by atoms with van der Waals surface area (Å²) >= 11 is 12.1. The third-order valence-corrected chi connectivity index (χ3v) is 4.89. The van der Waals surface area contributed by atoms with Gasteiger partial charge in [0.25, 0.3) is 5.91 Å². The summed E-state index contributed by atoms with van der Waals surface area (Å²) in [5.74, 6) is -1.16. The van der Waals surface area contributed by atoms with E-state index in [-0.39, 0.29) is 6.42 Å². The summed E-state index contributed by atoms with van der Waals surface area (Å²) in [5, 5.41) is 3.95. The van der Waals surface area contributed by atoms with Crippen molar-refractivity contribution in [3.63, 3.8) is 0 Å². The number of nitrogens with one attached hydrogen (secondary N) is 2. The van der Waals surface area contributed by atoms with Crippen molar-refractivity contribution in [1.82, 2.24) is 15.8 Å². The van der Waals surface area contributed by atoms with Gasteiger partial charge in [-0.25, -0.2) is 4.79 Å². The fourth-order valence-electron chi connectivity index (χ4n) is 2.73. The van der Waals surface area contributed by atoms with Crippen LogP contribution in [0.1, 0.15) is 18.1 Å². The Labute approximate surface area is 160 Å². The van der Waals surface area contributed by atoms with Gasteiger partial charge in [-0.3, -0.25) is 15.0 Å². The summed E-state index contributed by atoms with van der Waals surface area (Å²) in [7, 11) is 0. The molecule has 1 atom stereocenters. The van der Waals surface area contributed by atoms with E-state index in [0.29, 0.717) is 26.2 Å². The molecule has 26 heavy (non-hydrogen) atoms. The van der Waals surface area contributed by atoms with E-state index < -0.39 is 23.4 Å². The lowest BCUT2D eigenvalue weighted by molar-refractivity contribution is -0.138. The number of carbonyl (C=O) groups is 3. The number of nitrogens with zero attached hydrogens (tertiary/aromatic N) is 1. The van der Waals surface area contributed by atoms with Crippen LogP contribution in [0, 0.1) is 0 Å². The fourth-order valence-corrected chi connectivity index (χ4v) is 3.26. The maximum Gasteiger partial charge on any atom is 0.344 e. The van der Waals surface area contributed by atoms with Gasteiger partial charge in [0.2, 0.25) is 5.91 Å². The SMILES string of the molecule is C[C@]1(c2ccccc2)NC(=O)N(NC(=O)Cc2c(Cl)cccc2Cl)C1=O. The van der Waals surface area contributed by atoms with Crippen molar-refractivity contribution in [2.45, 2.75) is 18.9 Å². The lowest BCUT2D eigenvalue weighted by Gasteiger charge is -2.22. The molecule has 0 saturated carbocycles. The number of hydrogen-bond donors (Lipinski definition) is 2. The second kappa shape index (κ2) is 6.97. The largest absolute Gasteiger partial charge is 0.344 e. The number of amides is 4. The molecule has 4 amide bonds. The van der Waals surface area contributed by atoms with Gasteiger partial charge in [0, 0.05) is 10.0 Å². The Morgan fingerprint density at radius 3 is 2.31 bits per heavy atom. The topological polar surface area (TPSA) is 78.5 Å². The van der Waals surface area contributed by atoms with Crippen LogP contribution in [-0.2, 0) is 21.5 Å². The first-order valence-corrected chi connectivity index (χ1v) is 8.53. The molecule has 0 unspecified atom stereocenters. The quantitative estimate of drug-likeness (QED) is 0.786. The van der Waals surface area contributed by atoms with Crippen molar-refractivity contribution < 1.29 is 14.4 Å². The highest BCUT2D eigenvalue weighted by molar-refractivity contribution is 6.36. The molecule has 1 heterocycles. The summed E-state index contributed by atoms with van der Waals surface area (Å²) in [6.07, 6.45) is -0.169. The number of carbonyl (C=O) groups excluding carboxylic acids is 3. The zero-order valence-corrected chi connectivity index (χ0v) is 15.3. The number of hydrogen-bond acceptors (Lipinski definition) is 3. The number of halogens is 2. The summed E-state index contributed by atoms with van der Waals surface area (Å²) in [6.45, 7) is 1.58. The Morgan fingerprint density at radius 2 is 1.69 bits per heavy atom. The standard InChI is InChI=1S/C18H15Cl2N3O3/c1-18(11-6-3-2-4-7-11)16(25)23(17(26)21-18)22-15(24)10-12-13(19)8-5-9-14(12)20/h2-9H,10H2,1H3,(H,21,26)(H,22,24)/t18-/m1/s1. The highest BCUT2D eigenvalue weighted by Gasteiger charge is 2.49. The lowest BCUT2D eigenvalue weighted by atomic mass is 9.92. The monoisotopic (exact) mass is 391 g/mol. The van der Waals surface area contributed by atoms with Crippen molar-refractivity contribution in [2.24, 2.45) is 0 Å². The number of urea groups is 1. The van der Waals surface area contributed by atoms with Gasteiger partial charge in [-0.05, 0) is 30.2 Å². The Morgan fingerprint density at radius 1 is 1.08 bits per heavy atom. The van der Waals surface area contributed by atoms with Crippen LogP contribution in [0.2, 0.25) is 10.0 Å². The Balaban J connectivity index is 1.77. The molecule has 1 aliphatic rings. The van der Waals surface area contributed by atoms with Crippen LogP contribution < -0.4 is 10.7 Å². The van der Waals surface area contributed by atoms with E-state index in [1.165, 1.54) is 0 Å². The first-order valence-electron chi connectivity index (χ1n) is 7.77. The molecular formula is C18H15Cl2N3O3. The summed E-state index contributed by atoms with van der Waals surface area (Å²) in [5.41, 5.74) is 2.10.